The minimum absolute atomic E-state index is 0.123. The van der Waals surface area contributed by atoms with E-state index < -0.39 is 0 Å². The Morgan fingerprint density at radius 3 is 2.41 bits per heavy atom. The number of methoxy groups -OCH3 is 2. The molecule has 148 valence electrons. The van der Waals surface area contributed by atoms with Crippen molar-refractivity contribution in [2.75, 3.05) is 25.3 Å². The quantitative estimate of drug-likeness (QED) is 0.607. The number of amides is 1. The molecule has 0 aliphatic rings. The van der Waals surface area contributed by atoms with E-state index in [-0.39, 0.29) is 11.7 Å². The highest BCUT2D eigenvalue weighted by atomic mass is 32.2. The lowest BCUT2D eigenvalue weighted by Crippen LogP contribution is -2.14. The van der Waals surface area contributed by atoms with Gasteiger partial charge in [0.25, 0.3) is 0 Å². The summed E-state index contributed by atoms with van der Waals surface area (Å²) in [4.78, 5) is 17.1. The molecule has 0 unspecified atom stereocenters. The minimum Gasteiger partial charge on any atom is -0.497 e. The lowest BCUT2D eigenvalue weighted by molar-refractivity contribution is -0.113. The van der Waals surface area contributed by atoms with Crippen molar-refractivity contribution in [1.29, 1.82) is 5.26 Å². The van der Waals surface area contributed by atoms with Crippen LogP contribution in [0.2, 0.25) is 0 Å². The summed E-state index contributed by atoms with van der Waals surface area (Å²) in [5.41, 5.74) is 4.04. The Kier molecular flexibility index (Phi) is 6.25. The average molecular weight is 407 g/mol. The van der Waals surface area contributed by atoms with Gasteiger partial charge in [-0.05, 0) is 37.1 Å². The van der Waals surface area contributed by atoms with Crippen molar-refractivity contribution in [1.82, 2.24) is 4.98 Å². The molecule has 3 rings (SSSR count). The molecule has 7 heteroatoms. The molecule has 3 aromatic rings. The fourth-order valence-electron chi connectivity index (χ4n) is 3.01. The Hall–Kier alpha value is -3.24. The number of hydrogen-bond acceptors (Lipinski definition) is 6. The van der Waals surface area contributed by atoms with Crippen molar-refractivity contribution < 1.29 is 14.3 Å². The molecule has 0 atom stereocenters. The first kappa shape index (κ1) is 20.5. The van der Waals surface area contributed by atoms with Crippen molar-refractivity contribution in [2.24, 2.45) is 0 Å². The lowest BCUT2D eigenvalue weighted by atomic mass is 10.1. The third-order valence-electron chi connectivity index (χ3n) is 4.35. The zero-order valence-electron chi connectivity index (χ0n) is 16.7. The molecule has 6 nitrogen and oxygen atoms in total. The van der Waals surface area contributed by atoms with E-state index in [4.69, 9.17) is 9.47 Å². The number of carbonyl (C=O) groups excluding carboxylic acids is 1. The number of hydrogen-bond donors (Lipinski definition) is 1. The maximum absolute atomic E-state index is 12.4. The molecule has 29 heavy (non-hydrogen) atoms. The van der Waals surface area contributed by atoms with Crippen LogP contribution in [0.25, 0.3) is 10.9 Å². The van der Waals surface area contributed by atoms with Crippen molar-refractivity contribution in [3.05, 3.63) is 53.1 Å². The molecule has 1 amide bonds. The Bertz CT molecular complexity index is 1100. The first-order chi connectivity index (χ1) is 13.9. The van der Waals surface area contributed by atoms with Gasteiger partial charge in [0.05, 0.1) is 31.1 Å². The number of rotatable bonds is 6. The summed E-state index contributed by atoms with van der Waals surface area (Å²) >= 11 is 1.24. The molecule has 0 bridgehead atoms. The van der Waals surface area contributed by atoms with E-state index in [0.717, 1.165) is 22.0 Å². The van der Waals surface area contributed by atoms with Crippen LogP contribution >= 0.6 is 11.8 Å². The molecule has 0 aliphatic carbocycles. The van der Waals surface area contributed by atoms with Gasteiger partial charge in [-0.1, -0.05) is 17.8 Å². The van der Waals surface area contributed by atoms with E-state index in [1.807, 2.05) is 26.0 Å². The van der Waals surface area contributed by atoms with Crippen LogP contribution in [0.4, 0.5) is 5.69 Å². The van der Waals surface area contributed by atoms with Gasteiger partial charge in [0, 0.05) is 29.3 Å². The van der Waals surface area contributed by atoms with Gasteiger partial charge in [0.15, 0.2) is 0 Å². The summed E-state index contributed by atoms with van der Waals surface area (Å²) < 4.78 is 10.4. The third-order valence-corrected chi connectivity index (χ3v) is 5.34. The van der Waals surface area contributed by atoms with Crippen LogP contribution in [0.1, 0.15) is 16.7 Å². The summed E-state index contributed by atoms with van der Waals surface area (Å²) in [5.74, 6) is 1.08. The predicted octanol–water partition coefficient (Wildman–Crippen LogP) is 4.47. The van der Waals surface area contributed by atoms with Gasteiger partial charge in [-0.25, -0.2) is 4.98 Å². The van der Waals surface area contributed by atoms with Gasteiger partial charge < -0.3 is 14.8 Å². The second kappa shape index (κ2) is 8.84. The van der Waals surface area contributed by atoms with Crippen molar-refractivity contribution in [2.45, 2.75) is 18.9 Å². The largest absolute Gasteiger partial charge is 0.497 e. The van der Waals surface area contributed by atoms with Gasteiger partial charge >= 0.3 is 0 Å². The van der Waals surface area contributed by atoms with Crippen molar-refractivity contribution in [3.63, 3.8) is 0 Å². The third kappa shape index (κ3) is 4.79. The predicted molar refractivity (Wildman–Crippen MR) is 115 cm³/mol. The first-order valence-corrected chi connectivity index (χ1v) is 9.90. The van der Waals surface area contributed by atoms with E-state index in [2.05, 4.69) is 22.4 Å². The highest BCUT2D eigenvalue weighted by molar-refractivity contribution is 8.00. The Labute approximate surface area is 173 Å². The smallest absolute Gasteiger partial charge is 0.234 e. The van der Waals surface area contributed by atoms with Gasteiger partial charge in [-0.3, -0.25) is 4.79 Å². The van der Waals surface area contributed by atoms with E-state index in [1.54, 1.807) is 32.4 Å². The van der Waals surface area contributed by atoms with Gasteiger partial charge in [0.2, 0.25) is 5.91 Å². The number of nitrogens with one attached hydrogen (secondary N) is 1. The number of thioether (sulfide) groups is 1. The molecule has 2 aromatic carbocycles. The SMILES string of the molecule is COc1cc(NC(=O)CSc2nc3cc(C)cc(C)c3cc2C#N)cc(OC)c1. The summed E-state index contributed by atoms with van der Waals surface area (Å²) in [6, 6.07) is 13.2. The monoisotopic (exact) mass is 407 g/mol. The Morgan fingerprint density at radius 2 is 1.79 bits per heavy atom. The molecular formula is C22H21N3O3S. The molecule has 0 saturated carbocycles. The number of pyridine rings is 1. The highest BCUT2D eigenvalue weighted by Crippen LogP contribution is 2.28. The standard InChI is InChI=1S/C22H21N3O3S/c1-13-5-14(2)19-7-15(11-23)22(25-20(19)6-13)29-12-21(26)24-16-8-17(27-3)10-18(9-16)28-4/h5-10H,12H2,1-4H3,(H,24,26). The van der Waals surface area contributed by atoms with Gasteiger partial charge in [-0.2, -0.15) is 5.26 Å². The number of aromatic nitrogens is 1. The van der Waals surface area contributed by atoms with Crippen LogP contribution in [0.3, 0.4) is 0 Å². The molecule has 0 spiro atoms. The molecule has 1 N–H and O–H groups in total. The molecule has 1 aromatic heterocycles. The highest BCUT2D eigenvalue weighted by Gasteiger charge is 2.13. The van der Waals surface area contributed by atoms with E-state index in [9.17, 15) is 10.1 Å². The summed E-state index contributed by atoms with van der Waals surface area (Å²) in [6.45, 7) is 4.01. The van der Waals surface area contributed by atoms with Crippen LogP contribution in [-0.2, 0) is 4.79 Å². The van der Waals surface area contributed by atoms with Gasteiger partial charge in [0.1, 0.15) is 22.6 Å². The fraction of sp³-hybridized carbons (Fsp3) is 0.227. The number of nitriles is 1. The molecular weight excluding hydrogens is 386 g/mol. The molecule has 0 fully saturated rings. The normalized spacial score (nSPS) is 10.4. The number of anilines is 1. The number of nitrogens with zero attached hydrogens (tertiary/aromatic N) is 2. The van der Waals surface area contributed by atoms with Crippen molar-refractivity contribution in [3.8, 4) is 17.6 Å². The maximum Gasteiger partial charge on any atom is 0.234 e. The topological polar surface area (TPSA) is 84.2 Å². The van der Waals surface area contributed by atoms with Crippen molar-refractivity contribution >= 4 is 34.3 Å². The zero-order valence-corrected chi connectivity index (χ0v) is 17.5. The second-order valence-electron chi connectivity index (χ2n) is 6.54. The number of benzene rings is 2. The maximum atomic E-state index is 12.4. The fourth-order valence-corrected chi connectivity index (χ4v) is 3.78. The Balaban J connectivity index is 1.78. The summed E-state index contributed by atoms with van der Waals surface area (Å²) in [5, 5.41) is 13.8. The van der Waals surface area contributed by atoms with E-state index >= 15 is 0 Å². The number of aryl methyl sites for hydroxylation is 2. The summed E-state index contributed by atoms with van der Waals surface area (Å²) in [6.07, 6.45) is 0. The van der Waals surface area contributed by atoms with Crippen LogP contribution in [0, 0.1) is 25.2 Å². The van der Waals surface area contributed by atoms with Gasteiger partial charge in [-0.15, -0.1) is 0 Å². The zero-order chi connectivity index (χ0) is 21.0. The van der Waals surface area contributed by atoms with Crippen LogP contribution in [-0.4, -0.2) is 30.9 Å². The van der Waals surface area contributed by atoms with Crippen LogP contribution < -0.4 is 14.8 Å². The van der Waals surface area contributed by atoms with E-state index in [1.165, 1.54) is 11.8 Å². The second-order valence-corrected chi connectivity index (χ2v) is 7.50. The minimum atomic E-state index is -0.212. The van der Waals surface area contributed by atoms with E-state index in [0.29, 0.717) is 27.8 Å². The first-order valence-electron chi connectivity index (χ1n) is 8.91. The molecule has 0 radical (unpaired) electrons. The Morgan fingerprint density at radius 1 is 1.10 bits per heavy atom. The number of carbonyl (C=O) groups is 1. The van der Waals surface area contributed by atoms with Crippen LogP contribution in [0.15, 0.2) is 41.4 Å². The number of ether oxygens (including phenoxy) is 2. The lowest BCUT2D eigenvalue weighted by Gasteiger charge is -2.11. The average Bonchev–Trinajstić information content (AvgIpc) is 2.71. The molecule has 1 heterocycles. The number of fused-ring (bicyclic) bond motifs is 1. The molecule has 0 aliphatic heterocycles. The molecule has 0 saturated heterocycles. The van der Waals surface area contributed by atoms with Crippen LogP contribution in [0.5, 0.6) is 11.5 Å². The summed E-state index contributed by atoms with van der Waals surface area (Å²) in [7, 11) is 3.10.